The molecule has 1 aliphatic rings. The normalized spacial score (nSPS) is 19.2. The molecule has 17 heavy (non-hydrogen) atoms. The second-order valence-corrected chi connectivity index (χ2v) is 4.14. The van der Waals surface area contributed by atoms with Crippen LogP contribution in [-0.2, 0) is 4.79 Å². The fourth-order valence-electron chi connectivity index (χ4n) is 2.00. The van der Waals surface area contributed by atoms with E-state index < -0.39 is 0 Å². The fourth-order valence-corrected chi connectivity index (χ4v) is 2.00. The van der Waals surface area contributed by atoms with Crippen molar-refractivity contribution in [2.24, 2.45) is 11.0 Å². The third kappa shape index (κ3) is 2.54. The Bertz CT molecular complexity index is 481. The number of carbonyl (C=O) groups is 1. The summed E-state index contributed by atoms with van der Waals surface area (Å²) in [5, 5.41) is 3.52. The highest BCUT2D eigenvalue weighted by molar-refractivity contribution is 5.95. The maximum absolute atomic E-state index is 11.8. The van der Waals surface area contributed by atoms with Gasteiger partial charge < -0.3 is 4.90 Å². The summed E-state index contributed by atoms with van der Waals surface area (Å²) in [4.78, 5) is 20.4. The van der Waals surface area contributed by atoms with E-state index in [-0.39, 0.29) is 11.8 Å². The molecule has 88 valence electrons. The molecule has 1 saturated heterocycles. The number of rotatable bonds is 3. The molecule has 0 spiro atoms. The molecule has 1 fully saturated rings. The first-order valence-electron chi connectivity index (χ1n) is 5.44. The van der Waals surface area contributed by atoms with E-state index in [9.17, 15) is 4.79 Å². The van der Waals surface area contributed by atoms with Gasteiger partial charge in [-0.2, -0.15) is 0 Å². The van der Waals surface area contributed by atoms with E-state index in [0.29, 0.717) is 19.5 Å². The molecule has 1 aromatic heterocycles. The fraction of sp³-hybridized carbons (Fsp3) is 0.455. The van der Waals surface area contributed by atoms with Gasteiger partial charge in [0.1, 0.15) is 0 Å². The first-order valence-corrected chi connectivity index (χ1v) is 5.44. The van der Waals surface area contributed by atoms with Gasteiger partial charge in [0.15, 0.2) is 0 Å². The molecule has 2 heterocycles. The quantitative estimate of drug-likeness (QED) is 0.453. The Hall–Kier alpha value is -2.07. The lowest BCUT2D eigenvalue weighted by molar-refractivity contribution is -0.117. The molecule has 0 N–H and O–H groups in total. The number of carbonyl (C=O) groups excluding carboxylic acids is 1. The van der Waals surface area contributed by atoms with Gasteiger partial charge in [0, 0.05) is 42.0 Å². The zero-order valence-corrected chi connectivity index (χ0v) is 9.58. The van der Waals surface area contributed by atoms with E-state index in [2.05, 4.69) is 15.0 Å². The molecule has 6 nitrogen and oxygen atoms in total. The van der Waals surface area contributed by atoms with Crippen molar-refractivity contribution < 1.29 is 4.79 Å². The average molecular weight is 231 g/mol. The van der Waals surface area contributed by atoms with E-state index in [1.165, 1.54) is 0 Å². The molecule has 6 heteroatoms. The van der Waals surface area contributed by atoms with Crippen LogP contribution < -0.4 is 4.90 Å². The van der Waals surface area contributed by atoms with E-state index in [4.69, 9.17) is 5.53 Å². The molecule has 0 radical (unpaired) electrons. The Labute approximate surface area is 98.9 Å². The summed E-state index contributed by atoms with van der Waals surface area (Å²) in [5.41, 5.74) is 10.0. The average Bonchev–Trinajstić information content (AvgIpc) is 2.68. The molecule has 1 unspecified atom stereocenters. The van der Waals surface area contributed by atoms with Crippen LogP contribution in [0.1, 0.15) is 12.1 Å². The predicted molar refractivity (Wildman–Crippen MR) is 63.4 cm³/mol. The zero-order valence-electron chi connectivity index (χ0n) is 9.58. The lowest BCUT2D eigenvalue weighted by atomic mass is 10.1. The van der Waals surface area contributed by atoms with E-state index >= 15 is 0 Å². The number of aromatic nitrogens is 1. The SMILES string of the molecule is Cc1cc(N2CC(CN=[N+]=[N-])CC2=O)ccn1. The van der Waals surface area contributed by atoms with Crippen LogP contribution in [0.3, 0.4) is 0 Å². The number of nitrogens with zero attached hydrogens (tertiary/aromatic N) is 5. The van der Waals surface area contributed by atoms with Gasteiger partial charge in [-0.15, -0.1) is 0 Å². The van der Waals surface area contributed by atoms with Crippen LogP contribution in [0.5, 0.6) is 0 Å². The number of amides is 1. The summed E-state index contributed by atoms with van der Waals surface area (Å²) >= 11 is 0. The van der Waals surface area contributed by atoms with E-state index in [0.717, 1.165) is 11.4 Å². The van der Waals surface area contributed by atoms with Crippen molar-refractivity contribution in [3.8, 4) is 0 Å². The highest BCUT2D eigenvalue weighted by Crippen LogP contribution is 2.25. The Morgan fingerprint density at radius 3 is 3.24 bits per heavy atom. The van der Waals surface area contributed by atoms with Crippen molar-refractivity contribution in [2.45, 2.75) is 13.3 Å². The summed E-state index contributed by atoms with van der Waals surface area (Å²) < 4.78 is 0. The second-order valence-electron chi connectivity index (χ2n) is 4.14. The standard InChI is InChI=1S/C11H13N5O/c1-8-4-10(2-3-13-8)16-7-9(5-11(16)17)6-14-15-12/h2-4,9H,5-7H2,1H3. The van der Waals surface area contributed by atoms with Crippen LogP contribution in [0, 0.1) is 12.8 Å². The van der Waals surface area contributed by atoms with Gasteiger partial charge in [-0.1, -0.05) is 5.11 Å². The Kier molecular flexibility index (Phi) is 3.25. The summed E-state index contributed by atoms with van der Waals surface area (Å²) in [6, 6.07) is 3.70. The number of hydrogen-bond acceptors (Lipinski definition) is 3. The lowest BCUT2D eigenvalue weighted by Gasteiger charge is -2.16. The van der Waals surface area contributed by atoms with Crippen LogP contribution in [-0.4, -0.2) is 24.0 Å². The molecule has 1 atom stereocenters. The lowest BCUT2D eigenvalue weighted by Crippen LogP contribution is -2.24. The summed E-state index contributed by atoms with van der Waals surface area (Å²) in [6.45, 7) is 2.88. The summed E-state index contributed by atoms with van der Waals surface area (Å²) in [6.07, 6.45) is 2.14. The minimum Gasteiger partial charge on any atom is -0.312 e. The Morgan fingerprint density at radius 1 is 1.71 bits per heavy atom. The van der Waals surface area contributed by atoms with Gasteiger partial charge >= 0.3 is 0 Å². The smallest absolute Gasteiger partial charge is 0.227 e. The predicted octanol–water partition coefficient (Wildman–Crippen LogP) is 2.05. The van der Waals surface area contributed by atoms with Crippen LogP contribution >= 0.6 is 0 Å². The first-order chi connectivity index (χ1) is 8.20. The molecule has 1 amide bonds. The monoisotopic (exact) mass is 231 g/mol. The van der Waals surface area contributed by atoms with Gasteiger partial charge in [0.05, 0.1) is 0 Å². The maximum Gasteiger partial charge on any atom is 0.227 e. The zero-order chi connectivity index (χ0) is 12.3. The van der Waals surface area contributed by atoms with Crippen molar-refractivity contribution >= 4 is 11.6 Å². The summed E-state index contributed by atoms with van der Waals surface area (Å²) in [7, 11) is 0. The molecular weight excluding hydrogens is 218 g/mol. The van der Waals surface area contributed by atoms with Crippen molar-refractivity contribution in [3.05, 3.63) is 34.5 Å². The molecule has 1 aromatic rings. The number of aryl methyl sites for hydroxylation is 1. The molecular formula is C11H13N5O. The van der Waals surface area contributed by atoms with Crippen LogP contribution in [0.15, 0.2) is 23.4 Å². The molecule has 0 aliphatic carbocycles. The Morgan fingerprint density at radius 2 is 2.53 bits per heavy atom. The molecule has 0 saturated carbocycles. The number of azide groups is 1. The van der Waals surface area contributed by atoms with Crippen molar-refractivity contribution in [3.63, 3.8) is 0 Å². The van der Waals surface area contributed by atoms with E-state index in [1.54, 1.807) is 11.1 Å². The van der Waals surface area contributed by atoms with Crippen LogP contribution in [0.2, 0.25) is 0 Å². The topological polar surface area (TPSA) is 82.0 Å². The third-order valence-corrected chi connectivity index (χ3v) is 2.80. The van der Waals surface area contributed by atoms with Gasteiger partial charge in [-0.25, -0.2) is 0 Å². The van der Waals surface area contributed by atoms with Gasteiger partial charge in [-0.05, 0) is 30.5 Å². The summed E-state index contributed by atoms with van der Waals surface area (Å²) in [5.74, 6) is 0.195. The maximum atomic E-state index is 11.8. The molecule has 2 rings (SSSR count). The van der Waals surface area contributed by atoms with Crippen LogP contribution in [0.25, 0.3) is 10.4 Å². The molecule has 1 aliphatic heterocycles. The largest absolute Gasteiger partial charge is 0.312 e. The van der Waals surface area contributed by atoms with Gasteiger partial charge in [0.25, 0.3) is 0 Å². The van der Waals surface area contributed by atoms with Crippen molar-refractivity contribution in [1.29, 1.82) is 0 Å². The first kappa shape index (κ1) is 11.4. The highest BCUT2D eigenvalue weighted by Gasteiger charge is 2.29. The number of hydrogen-bond donors (Lipinski definition) is 0. The van der Waals surface area contributed by atoms with Crippen LogP contribution in [0.4, 0.5) is 5.69 Å². The highest BCUT2D eigenvalue weighted by atomic mass is 16.2. The molecule has 0 bridgehead atoms. The van der Waals surface area contributed by atoms with Crippen molar-refractivity contribution in [2.75, 3.05) is 18.0 Å². The number of pyridine rings is 1. The van der Waals surface area contributed by atoms with Crippen molar-refractivity contribution in [1.82, 2.24) is 4.98 Å². The Balaban J connectivity index is 2.12. The second kappa shape index (κ2) is 4.84. The van der Waals surface area contributed by atoms with E-state index in [1.807, 2.05) is 19.1 Å². The third-order valence-electron chi connectivity index (χ3n) is 2.80. The molecule has 0 aromatic carbocycles. The number of anilines is 1. The minimum atomic E-state index is 0.0775. The van der Waals surface area contributed by atoms with Gasteiger partial charge in [0.2, 0.25) is 5.91 Å². The minimum absolute atomic E-state index is 0.0775. The van der Waals surface area contributed by atoms with Gasteiger partial charge in [-0.3, -0.25) is 9.78 Å².